The van der Waals surface area contributed by atoms with Gasteiger partial charge in [0.2, 0.25) is 0 Å². The van der Waals surface area contributed by atoms with Gasteiger partial charge in [0.25, 0.3) is 0 Å². The summed E-state index contributed by atoms with van der Waals surface area (Å²) < 4.78 is 5.50. The Bertz CT molecular complexity index is 528. The van der Waals surface area contributed by atoms with Crippen molar-refractivity contribution in [2.24, 2.45) is 0 Å². The third-order valence-electron chi connectivity index (χ3n) is 3.55. The number of hydrogen-bond donors (Lipinski definition) is 1. The molecule has 3 heteroatoms. The molecule has 2 unspecified atom stereocenters. The number of methoxy groups -OCH3 is 1. The lowest BCUT2D eigenvalue weighted by molar-refractivity contribution is 0.389. The highest BCUT2D eigenvalue weighted by molar-refractivity contribution is 5.37. The fraction of sp³-hybridized carbons (Fsp3) is 0.353. The molecule has 2 aromatic rings. The van der Waals surface area contributed by atoms with Crippen LogP contribution in [0.4, 0.5) is 0 Å². The van der Waals surface area contributed by atoms with Crippen LogP contribution >= 0.6 is 0 Å². The van der Waals surface area contributed by atoms with Gasteiger partial charge >= 0.3 is 0 Å². The Morgan fingerprint density at radius 1 is 1.15 bits per heavy atom. The van der Waals surface area contributed by atoms with Gasteiger partial charge in [0.1, 0.15) is 5.75 Å². The largest absolute Gasteiger partial charge is 0.496 e. The van der Waals surface area contributed by atoms with E-state index in [0.29, 0.717) is 0 Å². The van der Waals surface area contributed by atoms with Crippen LogP contribution in [-0.4, -0.2) is 18.6 Å². The molecule has 0 fully saturated rings. The molecule has 20 heavy (non-hydrogen) atoms. The van der Waals surface area contributed by atoms with Crippen molar-refractivity contribution >= 4 is 0 Å². The van der Waals surface area contributed by atoms with Gasteiger partial charge in [0.05, 0.1) is 7.11 Å². The van der Waals surface area contributed by atoms with Gasteiger partial charge in [-0.25, -0.2) is 0 Å². The highest BCUT2D eigenvalue weighted by Gasteiger charge is 2.23. The predicted octanol–water partition coefficient (Wildman–Crippen LogP) is 3.54. The Morgan fingerprint density at radius 3 is 2.55 bits per heavy atom. The van der Waals surface area contributed by atoms with Gasteiger partial charge in [-0.15, -0.1) is 0 Å². The summed E-state index contributed by atoms with van der Waals surface area (Å²) >= 11 is 0. The predicted molar refractivity (Wildman–Crippen MR) is 82.1 cm³/mol. The van der Waals surface area contributed by atoms with E-state index in [2.05, 4.69) is 36.3 Å². The monoisotopic (exact) mass is 270 g/mol. The maximum atomic E-state index is 5.50. The average molecular weight is 270 g/mol. The molecule has 0 aliphatic carbocycles. The summed E-state index contributed by atoms with van der Waals surface area (Å²) in [7, 11) is 1.72. The molecule has 1 aromatic heterocycles. The third kappa shape index (κ3) is 3.17. The van der Waals surface area contributed by atoms with Gasteiger partial charge in [0.15, 0.2) is 0 Å². The lowest BCUT2D eigenvalue weighted by atomic mass is 9.91. The summed E-state index contributed by atoms with van der Waals surface area (Å²) in [4.78, 5) is 4.48. The standard InChI is InChI=1S/C17H22N2O/c1-4-18-17(13(2)15-10-7-8-12-19-15)14-9-5-6-11-16(14)20-3/h5-13,17-18H,4H2,1-3H3. The molecule has 2 atom stereocenters. The van der Waals surface area contributed by atoms with Gasteiger partial charge in [-0.2, -0.15) is 0 Å². The van der Waals surface area contributed by atoms with Crippen molar-refractivity contribution in [3.63, 3.8) is 0 Å². The van der Waals surface area contributed by atoms with Crippen LogP contribution in [0.3, 0.4) is 0 Å². The zero-order valence-corrected chi connectivity index (χ0v) is 12.3. The number of ether oxygens (including phenoxy) is 1. The summed E-state index contributed by atoms with van der Waals surface area (Å²) in [6.45, 7) is 5.22. The van der Waals surface area contributed by atoms with E-state index in [0.717, 1.165) is 18.0 Å². The third-order valence-corrected chi connectivity index (χ3v) is 3.55. The number of para-hydroxylation sites is 1. The number of rotatable bonds is 6. The highest BCUT2D eigenvalue weighted by Crippen LogP contribution is 2.34. The first-order valence-corrected chi connectivity index (χ1v) is 7.05. The van der Waals surface area contributed by atoms with Crippen LogP contribution in [0.1, 0.15) is 37.1 Å². The molecule has 2 rings (SSSR count). The van der Waals surface area contributed by atoms with E-state index in [1.165, 1.54) is 5.56 Å². The topological polar surface area (TPSA) is 34.1 Å². The van der Waals surface area contributed by atoms with Crippen LogP contribution in [-0.2, 0) is 0 Å². The van der Waals surface area contributed by atoms with Crippen molar-refractivity contribution < 1.29 is 4.74 Å². The first-order chi connectivity index (χ1) is 9.77. The smallest absolute Gasteiger partial charge is 0.123 e. The van der Waals surface area contributed by atoms with Gasteiger partial charge in [-0.3, -0.25) is 4.98 Å². The molecule has 0 saturated carbocycles. The number of nitrogens with one attached hydrogen (secondary N) is 1. The Labute approximate surface area is 121 Å². The van der Waals surface area contributed by atoms with E-state index in [1.807, 2.05) is 36.5 Å². The lowest BCUT2D eigenvalue weighted by Crippen LogP contribution is -2.26. The fourth-order valence-corrected chi connectivity index (χ4v) is 2.52. The number of hydrogen-bond acceptors (Lipinski definition) is 3. The van der Waals surface area contributed by atoms with E-state index < -0.39 is 0 Å². The number of likely N-dealkylation sites (N-methyl/N-ethyl adjacent to an activating group) is 1. The van der Waals surface area contributed by atoms with Gasteiger partial charge in [-0.05, 0) is 24.7 Å². The van der Waals surface area contributed by atoms with E-state index in [9.17, 15) is 0 Å². The Hall–Kier alpha value is -1.87. The molecule has 0 bridgehead atoms. The van der Waals surface area contributed by atoms with Crippen LogP contribution < -0.4 is 10.1 Å². The molecular weight excluding hydrogens is 248 g/mol. The molecule has 0 spiro atoms. The quantitative estimate of drug-likeness (QED) is 0.871. The highest BCUT2D eigenvalue weighted by atomic mass is 16.5. The van der Waals surface area contributed by atoms with Crippen LogP contribution in [0.5, 0.6) is 5.75 Å². The second kappa shape index (κ2) is 7.06. The summed E-state index contributed by atoms with van der Waals surface area (Å²) in [6, 6.07) is 14.4. The molecule has 0 amide bonds. The van der Waals surface area contributed by atoms with Crippen molar-refractivity contribution in [1.29, 1.82) is 0 Å². The Balaban J connectivity index is 2.35. The van der Waals surface area contributed by atoms with Crippen LogP contribution in [0.15, 0.2) is 48.7 Å². The second-order valence-corrected chi connectivity index (χ2v) is 4.82. The minimum absolute atomic E-state index is 0.186. The molecule has 0 aliphatic heterocycles. The Kier molecular flexibility index (Phi) is 5.13. The SMILES string of the molecule is CCNC(c1ccccc1OC)C(C)c1ccccn1. The van der Waals surface area contributed by atoms with Crippen molar-refractivity contribution in [3.05, 3.63) is 59.9 Å². The molecule has 1 N–H and O–H groups in total. The van der Waals surface area contributed by atoms with Crippen molar-refractivity contribution in [3.8, 4) is 5.75 Å². The normalized spacial score (nSPS) is 13.8. The van der Waals surface area contributed by atoms with E-state index >= 15 is 0 Å². The summed E-state index contributed by atoms with van der Waals surface area (Å²) in [5.41, 5.74) is 2.26. The van der Waals surface area contributed by atoms with Crippen LogP contribution in [0, 0.1) is 0 Å². The number of pyridine rings is 1. The zero-order chi connectivity index (χ0) is 14.4. The van der Waals surface area contributed by atoms with E-state index in [-0.39, 0.29) is 12.0 Å². The molecule has 1 aromatic carbocycles. The maximum Gasteiger partial charge on any atom is 0.123 e. The number of aromatic nitrogens is 1. The summed E-state index contributed by atoms with van der Waals surface area (Å²) in [6.07, 6.45) is 1.84. The van der Waals surface area contributed by atoms with Crippen molar-refractivity contribution in [1.82, 2.24) is 10.3 Å². The molecule has 0 aliphatic rings. The summed E-state index contributed by atoms with van der Waals surface area (Å²) in [5, 5.41) is 3.55. The van der Waals surface area contributed by atoms with Crippen molar-refractivity contribution in [2.45, 2.75) is 25.8 Å². The van der Waals surface area contributed by atoms with Gasteiger partial charge in [-0.1, -0.05) is 38.1 Å². The zero-order valence-electron chi connectivity index (χ0n) is 12.3. The molecular formula is C17H22N2O. The Morgan fingerprint density at radius 2 is 1.90 bits per heavy atom. The first kappa shape index (κ1) is 14.5. The molecule has 0 saturated heterocycles. The first-order valence-electron chi connectivity index (χ1n) is 7.05. The van der Waals surface area contributed by atoms with E-state index in [1.54, 1.807) is 7.11 Å². The molecule has 106 valence electrons. The van der Waals surface area contributed by atoms with Crippen molar-refractivity contribution in [2.75, 3.05) is 13.7 Å². The molecule has 3 nitrogen and oxygen atoms in total. The number of nitrogens with zero attached hydrogens (tertiary/aromatic N) is 1. The van der Waals surface area contributed by atoms with Crippen LogP contribution in [0.25, 0.3) is 0 Å². The molecule has 0 radical (unpaired) electrons. The lowest BCUT2D eigenvalue weighted by Gasteiger charge is -2.26. The fourth-order valence-electron chi connectivity index (χ4n) is 2.52. The van der Waals surface area contributed by atoms with Crippen LogP contribution in [0.2, 0.25) is 0 Å². The average Bonchev–Trinajstić information content (AvgIpc) is 2.53. The molecule has 1 heterocycles. The maximum absolute atomic E-state index is 5.50. The van der Waals surface area contributed by atoms with Gasteiger partial charge < -0.3 is 10.1 Å². The van der Waals surface area contributed by atoms with Gasteiger partial charge in [0, 0.05) is 29.4 Å². The number of benzene rings is 1. The minimum Gasteiger partial charge on any atom is -0.496 e. The summed E-state index contributed by atoms with van der Waals surface area (Å²) in [5.74, 6) is 1.19. The van der Waals surface area contributed by atoms with E-state index in [4.69, 9.17) is 4.74 Å². The second-order valence-electron chi connectivity index (χ2n) is 4.82. The minimum atomic E-state index is 0.186.